The molecule has 2 heteroatoms. The quantitative estimate of drug-likeness (QED) is 0.711. The first-order valence-corrected chi connectivity index (χ1v) is 5.39. The van der Waals surface area contributed by atoms with Crippen molar-refractivity contribution in [3.8, 4) is 0 Å². The SMILES string of the molecule is CC(=O)C(C)C=CCc1cccc(Cl)c1. The van der Waals surface area contributed by atoms with E-state index < -0.39 is 0 Å². The molecular weight excluding hydrogens is 208 g/mol. The van der Waals surface area contributed by atoms with Gasteiger partial charge in [0.05, 0.1) is 0 Å². The molecule has 0 spiro atoms. The Balaban J connectivity index is 2.53. The molecule has 0 amide bonds. The van der Waals surface area contributed by atoms with Crippen LogP contribution in [0.1, 0.15) is 19.4 Å². The third kappa shape index (κ3) is 4.30. The van der Waals surface area contributed by atoms with Crippen LogP contribution >= 0.6 is 11.6 Å². The second-order valence-electron chi connectivity index (χ2n) is 3.66. The van der Waals surface area contributed by atoms with Gasteiger partial charge in [-0.25, -0.2) is 0 Å². The van der Waals surface area contributed by atoms with E-state index in [1.165, 1.54) is 0 Å². The van der Waals surface area contributed by atoms with E-state index in [-0.39, 0.29) is 11.7 Å². The average Bonchev–Trinajstić information content (AvgIpc) is 2.17. The molecule has 0 saturated carbocycles. The van der Waals surface area contributed by atoms with Gasteiger partial charge < -0.3 is 0 Å². The molecule has 1 atom stereocenters. The molecule has 1 nitrogen and oxygen atoms in total. The lowest BCUT2D eigenvalue weighted by Crippen LogP contribution is -2.01. The van der Waals surface area contributed by atoms with Gasteiger partial charge in [-0.05, 0) is 31.0 Å². The summed E-state index contributed by atoms with van der Waals surface area (Å²) in [4.78, 5) is 11.0. The highest BCUT2D eigenvalue weighted by molar-refractivity contribution is 6.30. The minimum Gasteiger partial charge on any atom is -0.299 e. The minimum atomic E-state index is 0.00387. The van der Waals surface area contributed by atoms with E-state index in [1.54, 1.807) is 6.92 Å². The number of hydrogen-bond acceptors (Lipinski definition) is 1. The summed E-state index contributed by atoms with van der Waals surface area (Å²) in [5, 5.41) is 0.750. The molecule has 0 fully saturated rings. The zero-order valence-corrected chi connectivity index (χ0v) is 9.79. The summed E-state index contributed by atoms with van der Waals surface area (Å²) in [6, 6.07) is 7.74. The largest absolute Gasteiger partial charge is 0.299 e. The molecule has 0 N–H and O–H groups in total. The van der Waals surface area contributed by atoms with E-state index in [9.17, 15) is 4.79 Å². The van der Waals surface area contributed by atoms with Crippen LogP contribution in [0, 0.1) is 5.92 Å². The van der Waals surface area contributed by atoms with Gasteiger partial charge in [-0.1, -0.05) is 42.8 Å². The Hall–Kier alpha value is -1.08. The van der Waals surface area contributed by atoms with Crippen molar-refractivity contribution >= 4 is 17.4 Å². The van der Waals surface area contributed by atoms with Gasteiger partial charge in [0.2, 0.25) is 0 Å². The molecule has 1 unspecified atom stereocenters. The van der Waals surface area contributed by atoms with Gasteiger partial charge in [0.1, 0.15) is 5.78 Å². The zero-order chi connectivity index (χ0) is 11.3. The Kier molecular flexibility index (Phi) is 4.57. The fraction of sp³-hybridized carbons (Fsp3) is 0.308. The third-order valence-corrected chi connectivity index (χ3v) is 2.54. The van der Waals surface area contributed by atoms with Crippen LogP contribution in [0.5, 0.6) is 0 Å². The van der Waals surface area contributed by atoms with E-state index in [0.717, 1.165) is 17.0 Å². The first kappa shape index (κ1) is 12.0. The molecule has 1 aromatic carbocycles. The Labute approximate surface area is 95.8 Å². The number of rotatable bonds is 4. The van der Waals surface area contributed by atoms with Crippen LogP contribution in [0.4, 0.5) is 0 Å². The predicted octanol–water partition coefficient (Wildman–Crippen LogP) is 3.66. The first-order chi connectivity index (χ1) is 7.09. The molecule has 1 rings (SSSR count). The number of Topliss-reactive ketones (excluding diaryl/α,β-unsaturated/α-hetero) is 1. The van der Waals surface area contributed by atoms with E-state index >= 15 is 0 Å². The Bertz CT molecular complexity index is 369. The smallest absolute Gasteiger partial charge is 0.136 e. The Morgan fingerprint density at radius 3 is 2.87 bits per heavy atom. The van der Waals surface area contributed by atoms with Gasteiger partial charge >= 0.3 is 0 Å². The van der Waals surface area contributed by atoms with Crippen LogP contribution < -0.4 is 0 Å². The highest BCUT2D eigenvalue weighted by Crippen LogP contribution is 2.11. The van der Waals surface area contributed by atoms with Crippen molar-refractivity contribution in [1.29, 1.82) is 0 Å². The molecule has 0 aliphatic heterocycles. The van der Waals surface area contributed by atoms with Crippen molar-refractivity contribution in [3.05, 3.63) is 47.0 Å². The molecule has 0 radical (unpaired) electrons. The maximum absolute atomic E-state index is 11.0. The summed E-state index contributed by atoms with van der Waals surface area (Å²) in [7, 11) is 0. The summed E-state index contributed by atoms with van der Waals surface area (Å²) < 4.78 is 0. The molecule has 0 saturated heterocycles. The van der Waals surface area contributed by atoms with Crippen molar-refractivity contribution in [2.45, 2.75) is 20.3 Å². The average molecular weight is 223 g/mol. The van der Waals surface area contributed by atoms with E-state index in [4.69, 9.17) is 11.6 Å². The Morgan fingerprint density at radius 1 is 1.53 bits per heavy atom. The molecular formula is C13H15ClO. The zero-order valence-electron chi connectivity index (χ0n) is 9.03. The van der Waals surface area contributed by atoms with E-state index in [1.807, 2.05) is 43.3 Å². The lowest BCUT2D eigenvalue weighted by molar-refractivity contribution is -0.118. The second kappa shape index (κ2) is 5.72. The van der Waals surface area contributed by atoms with Crippen LogP contribution in [-0.4, -0.2) is 5.78 Å². The summed E-state index contributed by atoms with van der Waals surface area (Å²) in [6.07, 6.45) is 4.76. The van der Waals surface area contributed by atoms with Gasteiger partial charge in [-0.3, -0.25) is 4.79 Å². The van der Waals surface area contributed by atoms with Crippen LogP contribution in [-0.2, 0) is 11.2 Å². The molecule has 80 valence electrons. The lowest BCUT2D eigenvalue weighted by Gasteiger charge is -2.00. The van der Waals surface area contributed by atoms with Crippen LogP contribution in [0.2, 0.25) is 5.02 Å². The molecule has 0 bridgehead atoms. The van der Waals surface area contributed by atoms with Crippen LogP contribution in [0.25, 0.3) is 0 Å². The summed E-state index contributed by atoms with van der Waals surface area (Å²) in [6.45, 7) is 3.51. The van der Waals surface area contributed by atoms with Crippen molar-refractivity contribution < 1.29 is 4.79 Å². The van der Waals surface area contributed by atoms with Crippen LogP contribution in [0.3, 0.4) is 0 Å². The summed E-state index contributed by atoms with van der Waals surface area (Å²) >= 11 is 5.86. The van der Waals surface area contributed by atoms with E-state index in [2.05, 4.69) is 0 Å². The second-order valence-corrected chi connectivity index (χ2v) is 4.10. The molecule has 0 heterocycles. The number of carbonyl (C=O) groups is 1. The van der Waals surface area contributed by atoms with Crippen molar-refractivity contribution in [1.82, 2.24) is 0 Å². The molecule has 1 aromatic rings. The van der Waals surface area contributed by atoms with Crippen molar-refractivity contribution in [2.75, 3.05) is 0 Å². The Morgan fingerprint density at radius 2 is 2.27 bits per heavy atom. The number of halogens is 1. The molecule has 0 aliphatic carbocycles. The summed E-state index contributed by atoms with van der Waals surface area (Å²) in [5.41, 5.74) is 1.16. The molecule has 0 aliphatic rings. The number of hydrogen-bond donors (Lipinski definition) is 0. The van der Waals surface area contributed by atoms with Crippen molar-refractivity contribution in [3.63, 3.8) is 0 Å². The van der Waals surface area contributed by atoms with Gasteiger partial charge in [0.15, 0.2) is 0 Å². The van der Waals surface area contributed by atoms with Gasteiger partial charge in [0.25, 0.3) is 0 Å². The van der Waals surface area contributed by atoms with Crippen molar-refractivity contribution in [2.24, 2.45) is 5.92 Å². The lowest BCUT2D eigenvalue weighted by atomic mass is 10.1. The van der Waals surface area contributed by atoms with E-state index in [0.29, 0.717) is 0 Å². The minimum absolute atomic E-state index is 0.00387. The number of benzene rings is 1. The maximum Gasteiger partial charge on any atom is 0.136 e. The van der Waals surface area contributed by atoms with Gasteiger partial charge in [0, 0.05) is 10.9 Å². The first-order valence-electron chi connectivity index (χ1n) is 5.01. The highest BCUT2D eigenvalue weighted by atomic mass is 35.5. The maximum atomic E-state index is 11.0. The third-order valence-electron chi connectivity index (χ3n) is 2.31. The summed E-state index contributed by atoms with van der Waals surface area (Å²) in [5.74, 6) is 0.196. The predicted molar refractivity (Wildman–Crippen MR) is 64.1 cm³/mol. The normalized spacial score (nSPS) is 13.0. The van der Waals surface area contributed by atoms with Gasteiger partial charge in [-0.2, -0.15) is 0 Å². The monoisotopic (exact) mass is 222 g/mol. The van der Waals surface area contributed by atoms with Gasteiger partial charge in [-0.15, -0.1) is 0 Å². The fourth-order valence-electron chi connectivity index (χ4n) is 1.21. The highest BCUT2D eigenvalue weighted by Gasteiger charge is 2.01. The standard InChI is InChI=1S/C13H15ClO/c1-10(11(2)15)5-3-6-12-7-4-8-13(14)9-12/h3-5,7-10H,6H2,1-2H3. The molecule has 0 aromatic heterocycles. The number of allylic oxidation sites excluding steroid dienone is 2. The number of carbonyl (C=O) groups excluding carboxylic acids is 1. The fourth-order valence-corrected chi connectivity index (χ4v) is 1.42. The van der Waals surface area contributed by atoms with Crippen LogP contribution in [0.15, 0.2) is 36.4 Å². The number of ketones is 1. The topological polar surface area (TPSA) is 17.1 Å². The molecule has 15 heavy (non-hydrogen) atoms.